The highest BCUT2D eigenvalue weighted by molar-refractivity contribution is 7.92. The second-order valence-electron chi connectivity index (χ2n) is 4.23. The number of sulfonamides is 1. The van der Waals surface area contributed by atoms with Gasteiger partial charge in [0.2, 0.25) is 5.91 Å². The summed E-state index contributed by atoms with van der Waals surface area (Å²) in [6.45, 7) is 2.46. The Morgan fingerprint density at radius 2 is 2.33 bits per heavy atom. The van der Waals surface area contributed by atoms with Crippen LogP contribution in [0.2, 0.25) is 0 Å². The summed E-state index contributed by atoms with van der Waals surface area (Å²) < 4.78 is 31.3. The zero-order chi connectivity index (χ0) is 13.2. The summed E-state index contributed by atoms with van der Waals surface area (Å²) in [4.78, 5) is 12.5. The molecule has 0 spiro atoms. The quantitative estimate of drug-likeness (QED) is 0.910. The van der Waals surface area contributed by atoms with Gasteiger partial charge in [0, 0.05) is 11.5 Å². The maximum absolute atomic E-state index is 11.9. The molecule has 1 unspecified atom stereocenters. The number of carbonyl (C=O) groups excluding carboxylic acids is 1. The fourth-order valence-corrected chi connectivity index (χ4v) is 4.09. The Bertz CT molecular complexity index is 529. The number of carbonyl (C=O) groups is 1. The van der Waals surface area contributed by atoms with E-state index >= 15 is 0 Å². The summed E-state index contributed by atoms with van der Waals surface area (Å²) in [5.74, 6) is -0.507. The summed E-state index contributed by atoms with van der Waals surface area (Å²) in [5, 5.41) is 0. The number of aryl methyl sites for hydroxylation is 1. The van der Waals surface area contributed by atoms with Crippen LogP contribution in [0, 0.1) is 6.92 Å². The van der Waals surface area contributed by atoms with Crippen LogP contribution in [0.15, 0.2) is 16.3 Å². The van der Waals surface area contributed by atoms with Gasteiger partial charge in [-0.2, -0.15) is 0 Å². The molecule has 0 saturated carbocycles. The molecule has 100 valence electrons. The minimum atomic E-state index is -3.72. The Hall–Kier alpha value is -0.920. The number of hydrogen-bond acceptors (Lipinski definition) is 5. The average Bonchev–Trinajstić information content (AvgIpc) is 2.88. The van der Waals surface area contributed by atoms with E-state index < -0.39 is 15.9 Å². The SMILES string of the molecule is Cc1ccc(S(=O)(=O)NC(=O)CC2CCCO2)s1. The predicted molar refractivity (Wildman–Crippen MR) is 68.0 cm³/mol. The molecule has 2 heterocycles. The highest BCUT2D eigenvalue weighted by Crippen LogP contribution is 2.21. The zero-order valence-electron chi connectivity index (χ0n) is 10.0. The molecule has 18 heavy (non-hydrogen) atoms. The largest absolute Gasteiger partial charge is 0.378 e. The van der Waals surface area contributed by atoms with Gasteiger partial charge in [0.15, 0.2) is 0 Å². The van der Waals surface area contributed by atoms with E-state index in [0.29, 0.717) is 6.61 Å². The zero-order valence-corrected chi connectivity index (χ0v) is 11.6. The minimum Gasteiger partial charge on any atom is -0.378 e. The molecule has 0 radical (unpaired) electrons. The lowest BCUT2D eigenvalue weighted by Gasteiger charge is -2.09. The van der Waals surface area contributed by atoms with Crippen LogP contribution in [0.1, 0.15) is 24.1 Å². The highest BCUT2D eigenvalue weighted by atomic mass is 32.2. The van der Waals surface area contributed by atoms with Crippen molar-refractivity contribution in [2.24, 2.45) is 0 Å². The Morgan fingerprint density at radius 1 is 1.56 bits per heavy atom. The molecule has 0 bridgehead atoms. The standard InChI is InChI=1S/C11H15NO4S2/c1-8-4-5-11(17-8)18(14,15)12-10(13)7-9-3-2-6-16-9/h4-5,9H,2-3,6-7H2,1H3,(H,12,13). The maximum atomic E-state index is 11.9. The van der Waals surface area contributed by atoms with E-state index in [1.54, 1.807) is 6.07 Å². The predicted octanol–water partition coefficient (Wildman–Crippen LogP) is 1.43. The Kier molecular flexibility index (Phi) is 4.04. The van der Waals surface area contributed by atoms with E-state index in [9.17, 15) is 13.2 Å². The number of amides is 1. The van der Waals surface area contributed by atoms with Crippen LogP contribution in [0.4, 0.5) is 0 Å². The number of rotatable bonds is 4. The Balaban J connectivity index is 1.97. The van der Waals surface area contributed by atoms with Crippen molar-refractivity contribution in [2.75, 3.05) is 6.61 Å². The van der Waals surface area contributed by atoms with Gasteiger partial charge in [-0.3, -0.25) is 4.79 Å². The normalized spacial score (nSPS) is 19.9. The van der Waals surface area contributed by atoms with Crippen LogP contribution in [-0.4, -0.2) is 27.0 Å². The first-order valence-electron chi connectivity index (χ1n) is 5.71. The molecule has 1 atom stereocenters. The van der Waals surface area contributed by atoms with E-state index in [-0.39, 0.29) is 16.7 Å². The van der Waals surface area contributed by atoms with E-state index in [4.69, 9.17) is 4.74 Å². The summed E-state index contributed by atoms with van der Waals surface area (Å²) in [5.41, 5.74) is 0. The van der Waals surface area contributed by atoms with Gasteiger partial charge < -0.3 is 4.74 Å². The van der Waals surface area contributed by atoms with E-state index in [1.165, 1.54) is 6.07 Å². The maximum Gasteiger partial charge on any atom is 0.273 e. The molecule has 1 aromatic heterocycles. The fourth-order valence-electron chi connectivity index (χ4n) is 1.81. The third-order valence-electron chi connectivity index (χ3n) is 2.67. The van der Waals surface area contributed by atoms with Crippen molar-refractivity contribution in [1.29, 1.82) is 0 Å². The van der Waals surface area contributed by atoms with E-state index in [2.05, 4.69) is 4.72 Å². The van der Waals surface area contributed by atoms with Crippen molar-refractivity contribution in [3.63, 3.8) is 0 Å². The Morgan fingerprint density at radius 3 is 2.89 bits per heavy atom. The summed E-state index contributed by atoms with van der Waals surface area (Å²) in [7, 11) is -3.72. The molecule has 5 nitrogen and oxygen atoms in total. The van der Waals surface area contributed by atoms with Crippen molar-refractivity contribution in [3.8, 4) is 0 Å². The van der Waals surface area contributed by atoms with Gasteiger partial charge in [0.1, 0.15) is 4.21 Å². The van der Waals surface area contributed by atoms with E-state index in [1.807, 2.05) is 6.92 Å². The second kappa shape index (κ2) is 5.38. The summed E-state index contributed by atoms with van der Waals surface area (Å²) >= 11 is 1.15. The molecule has 1 fully saturated rings. The lowest BCUT2D eigenvalue weighted by Crippen LogP contribution is -2.32. The van der Waals surface area contributed by atoms with Crippen molar-refractivity contribution >= 4 is 27.3 Å². The van der Waals surface area contributed by atoms with Gasteiger partial charge in [-0.15, -0.1) is 11.3 Å². The Labute approximate surface area is 110 Å². The van der Waals surface area contributed by atoms with Gasteiger partial charge in [0.05, 0.1) is 12.5 Å². The molecular formula is C11H15NO4S2. The van der Waals surface area contributed by atoms with Gasteiger partial charge in [-0.25, -0.2) is 13.1 Å². The molecule has 0 aliphatic carbocycles. The van der Waals surface area contributed by atoms with Crippen LogP contribution in [0.3, 0.4) is 0 Å². The van der Waals surface area contributed by atoms with Gasteiger partial charge >= 0.3 is 0 Å². The minimum absolute atomic E-state index is 0.101. The molecule has 7 heteroatoms. The molecular weight excluding hydrogens is 274 g/mol. The lowest BCUT2D eigenvalue weighted by molar-refractivity contribution is -0.121. The number of ether oxygens (including phenoxy) is 1. The van der Waals surface area contributed by atoms with Crippen LogP contribution in [-0.2, 0) is 19.6 Å². The van der Waals surface area contributed by atoms with Gasteiger partial charge in [-0.1, -0.05) is 0 Å². The van der Waals surface area contributed by atoms with Crippen molar-refractivity contribution < 1.29 is 17.9 Å². The first-order chi connectivity index (χ1) is 8.47. The molecule has 1 amide bonds. The van der Waals surface area contributed by atoms with Crippen molar-refractivity contribution in [2.45, 2.75) is 36.5 Å². The van der Waals surface area contributed by atoms with E-state index in [0.717, 1.165) is 29.1 Å². The number of thiophene rings is 1. The lowest BCUT2D eigenvalue weighted by atomic mass is 10.2. The first-order valence-corrected chi connectivity index (χ1v) is 8.01. The van der Waals surface area contributed by atoms with Crippen LogP contribution >= 0.6 is 11.3 Å². The molecule has 1 aliphatic heterocycles. The molecule has 2 rings (SSSR count). The average molecular weight is 289 g/mol. The van der Waals surface area contributed by atoms with Crippen LogP contribution in [0.5, 0.6) is 0 Å². The van der Waals surface area contributed by atoms with Crippen LogP contribution in [0.25, 0.3) is 0 Å². The third kappa shape index (κ3) is 3.30. The highest BCUT2D eigenvalue weighted by Gasteiger charge is 2.23. The van der Waals surface area contributed by atoms with Crippen molar-refractivity contribution in [3.05, 3.63) is 17.0 Å². The fraction of sp³-hybridized carbons (Fsp3) is 0.545. The van der Waals surface area contributed by atoms with Gasteiger partial charge in [-0.05, 0) is 31.9 Å². The monoisotopic (exact) mass is 289 g/mol. The molecule has 1 aliphatic rings. The summed E-state index contributed by atoms with van der Waals surface area (Å²) in [6.07, 6.45) is 1.69. The topological polar surface area (TPSA) is 72.5 Å². The number of hydrogen-bond donors (Lipinski definition) is 1. The first kappa shape index (κ1) is 13.5. The molecule has 1 saturated heterocycles. The molecule has 1 N–H and O–H groups in total. The van der Waals surface area contributed by atoms with Crippen LogP contribution < -0.4 is 4.72 Å². The third-order valence-corrected chi connectivity index (χ3v) is 5.53. The second-order valence-corrected chi connectivity index (χ2v) is 7.43. The summed E-state index contributed by atoms with van der Waals surface area (Å²) in [6, 6.07) is 3.21. The van der Waals surface area contributed by atoms with Gasteiger partial charge in [0.25, 0.3) is 10.0 Å². The molecule has 0 aromatic carbocycles. The van der Waals surface area contributed by atoms with Crippen molar-refractivity contribution in [1.82, 2.24) is 4.72 Å². The molecule has 1 aromatic rings. The number of nitrogens with one attached hydrogen (secondary N) is 1. The smallest absolute Gasteiger partial charge is 0.273 e.